The molecule has 0 spiro atoms. The maximum absolute atomic E-state index is 15.0. The van der Waals surface area contributed by atoms with Gasteiger partial charge in [0.25, 0.3) is 0 Å². The van der Waals surface area contributed by atoms with E-state index in [0.29, 0.717) is 55.3 Å². The molecule has 2 aliphatic heterocycles. The van der Waals surface area contributed by atoms with Crippen molar-refractivity contribution in [3.8, 4) is 11.5 Å². The maximum atomic E-state index is 15.0. The van der Waals surface area contributed by atoms with E-state index in [0.717, 1.165) is 32.0 Å². The van der Waals surface area contributed by atoms with Gasteiger partial charge in [-0.2, -0.15) is 0 Å². The summed E-state index contributed by atoms with van der Waals surface area (Å²) in [5, 5.41) is 7.95. The Morgan fingerprint density at radius 1 is 0.894 bits per heavy atom. The Bertz CT molecular complexity index is 1610. The third-order valence-corrected chi connectivity index (χ3v) is 9.00. The lowest BCUT2D eigenvalue weighted by Gasteiger charge is -2.49. The van der Waals surface area contributed by atoms with Gasteiger partial charge in [0.05, 0.1) is 5.69 Å². The van der Waals surface area contributed by atoms with Crippen molar-refractivity contribution in [3.05, 3.63) is 72.4 Å². The number of anilines is 3. The summed E-state index contributed by atoms with van der Waals surface area (Å²) in [7, 11) is 4.21. The van der Waals surface area contributed by atoms with Gasteiger partial charge < -0.3 is 25.2 Å². The van der Waals surface area contributed by atoms with E-state index in [1.54, 1.807) is 17.0 Å². The highest BCUT2D eigenvalue weighted by Gasteiger charge is 2.56. The van der Waals surface area contributed by atoms with E-state index < -0.39 is 28.9 Å². The molecule has 11 nitrogen and oxygen atoms in total. The maximum Gasteiger partial charge on any atom is 0.323 e. The van der Waals surface area contributed by atoms with Gasteiger partial charge >= 0.3 is 6.03 Å². The first kappa shape index (κ1) is 34.0. The molecule has 47 heavy (non-hydrogen) atoms. The molecule has 0 atom stereocenters. The van der Waals surface area contributed by atoms with Crippen LogP contribution in [0.2, 0.25) is 0 Å². The second kappa shape index (κ2) is 14.2. The summed E-state index contributed by atoms with van der Waals surface area (Å²) in [4.78, 5) is 49.4. The number of carbonyl (C=O) groups is 3. The zero-order valence-electron chi connectivity index (χ0n) is 26.2. The first-order valence-corrected chi connectivity index (χ1v) is 15.4. The SMILES string of the molecule is CN(C)C1CN(C2CCN(C(=O)Nc3cc(Oc4ccc(NC(=O)C5(C(=O)Nc6ccc(F)cc6)CC5)c(F)c4)ccn3)CC2)C1.Cl. The number of nitrogens with zero attached hydrogens (tertiary/aromatic N) is 4. The molecular formula is C33H38ClF2N7O4. The van der Waals surface area contributed by atoms with E-state index in [1.807, 2.05) is 0 Å². The van der Waals surface area contributed by atoms with Crippen LogP contribution in [0.15, 0.2) is 60.8 Å². The quantitative estimate of drug-likeness (QED) is 0.269. The number of nitrogens with one attached hydrogen (secondary N) is 3. The molecule has 3 fully saturated rings. The van der Waals surface area contributed by atoms with Crippen molar-refractivity contribution in [2.24, 2.45) is 5.41 Å². The fourth-order valence-electron chi connectivity index (χ4n) is 5.78. The third kappa shape index (κ3) is 7.80. The highest BCUT2D eigenvalue weighted by Crippen LogP contribution is 2.47. The van der Waals surface area contributed by atoms with Gasteiger partial charge in [0, 0.05) is 62.3 Å². The number of rotatable bonds is 9. The Labute approximate surface area is 278 Å². The molecule has 1 aliphatic carbocycles. The van der Waals surface area contributed by atoms with Gasteiger partial charge in [-0.05, 0) is 82.2 Å². The van der Waals surface area contributed by atoms with Gasteiger partial charge in [-0.15, -0.1) is 12.4 Å². The van der Waals surface area contributed by atoms with Gasteiger partial charge in [-0.1, -0.05) is 0 Å². The number of hydrogen-bond acceptors (Lipinski definition) is 7. The number of aromatic nitrogens is 1. The molecule has 3 N–H and O–H groups in total. The number of pyridine rings is 1. The normalized spacial score (nSPS) is 17.7. The van der Waals surface area contributed by atoms with Crippen molar-refractivity contribution < 1.29 is 27.9 Å². The van der Waals surface area contributed by atoms with Crippen LogP contribution in [0.3, 0.4) is 0 Å². The Kier molecular flexibility index (Phi) is 10.3. The predicted molar refractivity (Wildman–Crippen MR) is 176 cm³/mol. The number of piperidine rings is 1. The summed E-state index contributed by atoms with van der Waals surface area (Å²) in [6.07, 6.45) is 3.96. The molecule has 4 amide bonds. The molecule has 2 aromatic carbocycles. The number of carbonyl (C=O) groups excluding carboxylic acids is 3. The van der Waals surface area contributed by atoms with Crippen molar-refractivity contribution in [3.63, 3.8) is 0 Å². The van der Waals surface area contributed by atoms with Crippen molar-refractivity contribution in [2.45, 2.75) is 37.8 Å². The fraction of sp³-hybridized carbons (Fsp3) is 0.394. The molecule has 250 valence electrons. The number of amides is 4. The summed E-state index contributed by atoms with van der Waals surface area (Å²) in [5.74, 6) is -1.55. The van der Waals surface area contributed by atoms with E-state index in [1.165, 1.54) is 42.6 Å². The predicted octanol–water partition coefficient (Wildman–Crippen LogP) is 5.17. The van der Waals surface area contributed by atoms with Crippen molar-refractivity contribution >= 4 is 47.4 Å². The van der Waals surface area contributed by atoms with E-state index in [9.17, 15) is 18.8 Å². The van der Waals surface area contributed by atoms with E-state index >= 15 is 4.39 Å². The number of halogens is 3. The number of benzene rings is 2. The lowest BCUT2D eigenvalue weighted by molar-refractivity contribution is -0.131. The molecule has 1 aromatic heterocycles. The van der Waals surface area contributed by atoms with Crippen LogP contribution in [0, 0.1) is 17.0 Å². The highest BCUT2D eigenvalue weighted by molar-refractivity contribution is 6.16. The number of likely N-dealkylation sites (N-methyl/N-ethyl adjacent to an activating group) is 1. The first-order valence-electron chi connectivity index (χ1n) is 15.4. The van der Waals surface area contributed by atoms with Crippen LogP contribution in [0.5, 0.6) is 11.5 Å². The van der Waals surface area contributed by atoms with Crippen LogP contribution < -0.4 is 20.7 Å². The van der Waals surface area contributed by atoms with Gasteiger partial charge in [-0.25, -0.2) is 18.6 Å². The molecule has 0 radical (unpaired) electrons. The van der Waals surface area contributed by atoms with Gasteiger partial charge in [0.2, 0.25) is 11.8 Å². The fourth-order valence-corrected chi connectivity index (χ4v) is 5.78. The minimum Gasteiger partial charge on any atom is -0.457 e. The first-order chi connectivity index (χ1) is 22.1. The molecule has 0 unspecified atom stereocenters. The lowest BCUT2D eigenvalue weighted by atomic mass is 9.97. The van der Waals surface area contributed by atoms with Crippen LogP contribution in [0.1, 0.15) is 25.7 Å². The minimum atomic E-state index is -1.33. The molecule has 14 heteroatoms. The van der Waals surface area contributed by atoms with E-state index in [-0.39, 0.29) is 29.9 Å². The Morgan fingerprint density at radius 3 is 2.19 bits per heavy atom. The average molecular weight is 670 g/mol. The summed E-state index contributed by atoms with van der Waals surface area (Å²) in [6.45, 7) is 3.47. The Morgan fingerprint density at radius 2 is 1.55 bits per heavy atom. The monoisotopic (exact) mass is 669 g/mol. The summed E-state index contributed by atoms with van der Waals surface area (Å²) < 4.78 is 34.0. The largest absolute Gasteiger partial charge is 0.457 e. The zero-order valence-corrected chi connectivity index (χ0v) is 27.0. The lowest BCUT2D eigenvalue weighted by Crippen LogP contribution is -2.62. The number of urea groups is 1. The van der Waals surface area contributed by atoms with Crippen LogP contribution in [-0.4, -0.2) is 89.9 Å². The molecule has 1 saturated carbocycles. The van der Waals surface area contributed by atoms with Gasteiger partial charge in [0.15, 0.2) is 0 Å². The van der Waals surface area contributed by atoms with Crippen LogP contribution in [0.4, 0.5) is 30.8 Å². The molecule has 3 aliphatic rings. The molecule has 2 saturated heterocycles. The van der Waals surface area contributed by atoms with E-state index in [2.05, 4.69) is 44.8 Å². The Hall–Kier alpha value is -4.33. The molecule has 0 bridgehead atoms. The third-order valence-electron chi connectivity index (χ3n) is 9.00. The summed E-state index contributed by atoms with van der Waals surface area (Å²) >= 11 is 0. The van der Waals surface area contributed by atoms with Crippen molar-refractivity contribution in [1.29, 1.82) is 0 Å². The standard InChI is InChI=1S/C33H37F2N7O4.ClH/c1-40(2)24-19-42(20-24)23-10-15-41(16-11-23)32(45)39-29-18-26(9-14-36-29)46-25-7-8-28(27(35)17-25)38-31(44)33(12-13-33)30(43)37-22-5-3-21(34)4-6-22;/h3-9,14,17-18,23-24H,10-13,15-16,19-20H2,1-2H3,(H,37,43)(H,38,44)(H,36,39,45);1H. The van der Waals surface area contributed by atoms with Crippen LogP contribution in [0.25, 0.3) is 0 Å². The Balaban J connectivity index is 0.00000433. The molecular weight excluding hydrogens is 632 g/mol. The minimum absolute atomic E-state index is 0. The number of ether oxygens (including phenoxy) is 1. The topological polar surface area (TPSA) is 119 Å². The second-order valence-corrected chi connectivity index (χ2v) is 12.3. The average Bonchev–Trinajstić information content (AvgIpc) is 3.82. The zero-order chi connectivity index (χ0) is 32.4. The van der Waals surface area contributed by atoms with Gasteiger partial charge in [0.1, 0.15) is 34.4 Å². The molecule has 3 heterocycles. The van der Waals surface area contributed by atoms with Crippen LogP contribution >= 0.6 is 12.4 Å². The second-order valence-electron chi connectivity index (χ2n) is 12.3. The molecule has 3 aromatic rings. The summed E-state index contributed by atoms with van der Waals surface area (Å²) in [6, 6.07) is 13.2. The van der Waals surface area contributed by atoms with Crippen molar-refractivity contribution in [1.82, 2.24) is 19.7 Å². The summed E-state index contributed by atoms with van der Waals surface area (Å²) in [5.41, 5.74) is -1.07. The van der Waals surface area contributed by atoms with Gasteiger partial charge in [-0.3, -0.25) is 19.8 Å². The van der Waals surface area contributed by atoms with E-state index in [4.69, 9.17) is 4.74 Å². The van der Waals surface area contributed by atoms with Crippen molar-refractivity contribution in [2.75, 3.05) is 56.2 Å². The highest BCUT2D eigenvalue weighted by atomic mass is 35.5. The molecule has 6 rings (SSSR count). The smallest absolute Gasteiger partial charge is 0.323 e. The van der Waals surface area contributed by atoms with Crippen LogP contribution in [-0.2, 0) is 9.59 Å². The number of likely N-dealkylation sites (tertiary alicyclic amines) is 2. The number of hydrogen-bond donors (Lipinski definition) is 3.